The molecule has 0 aliphatic heterocycles. The summed E-state index contributed by atoms with van der Waals surface area (Å²) in [7, 11) is 1.55. The van der Waals surface area contributed by atoms with E-state index in [0.29, 0.717) is 27.0 Å². The summed E-state index contributed by atoms with van der Waals surface area (Å²) < 4.78 is 5.15. The van der Waals surface area contributed by atoms with Crippen LogP contribution in [0.2, 0.25) is 10.0 Å². The summed E-state index contributed by atoms with van der Waals surface area (Å²) in [6, 6.07) is 11.9. The van der Waals surface area contributed by atoms with Gasteiger partial charge in [0.05, 0.1) is 23.4 Å². The molecule has 2 rings (SSSR count). The number of amides is 1. The Kier molecular flexibility index (Phi) is 5.63. The molecule has 0 unspecified atom stereocenters. The largest absolute Gasteiger partial charge is 0.496 e. The highest BCUT2D eigenvalue weighted by atomic mass is 35.5. The molecule has 0 radical (unpaired) electrons. The Morgan fingerprint density at radius 3 is 2.68 bits per heavy atom. The third-order valence-electron chi connectivity index (χ3n) is 2.63. The van der Waals surface area contributed by atoms with Gasteiger partial charge in [-0.1, -0.05) is 40.5 Å². The van der Waals surface area contributed by atoms with E-state index in [1.54, 1.807) is 31.4 Å². The monoisotopic (exact) mass is 338 g/mol. The number of nitrogens with zero attached hydrogens (tertiary/aromatic N) is 1. The lowest BCUT2D eigenvalue weighted by Crippen LogP contribution is -2.10. The van der Waals surface area contributed by atoms with E-state index in [9.17, 15) is 4.79 Å². The average molecular weight is 339 g/mol. The second-order valence-electron chi connectivity index (χ2n) is 4.11. The Hall–Kier alpha value is -2.24. The summed E-state index contributed by atoms with van der Waals surface area (Å²) in [6.45, 7) is 0. The third kappa shape index (κ3) is 4.38. The van der Waals surface area contributed by atoms with Crippen LogP contribution in [0, 0.1) is 0 Å². The predicted octanol–water partition coefficient (Wildman–Crippen LogP) is 4.58. The van der Waals surface area contributed by atoms with Crippen LogP contribution in [0.3, 0.4) is 0 Å². The predicted molar refractivity (Wildman–Crippen MR) is 87.2 cm³/mol. The number of carbonyl (C=O) groups excluding carboxylic acids is 1. The van der Waals surface area contributed by atoms with Gasteiger partial charge in [-0.15, -0.1) is 0 Å². The Morgan fingerprint density at radius 1 is 1.18 bits per heavy atom. The molecule has 0 bridgehead atoms. The molecule has 0 fully saturated rings. The molecule has 0 aliphatic carbocycles. The smallest absolute Gasteiger partial charge is 0.437 e. The van der Waals surface area contributed by atoms with Gasteiger partial charge in [-0.05, 0) is 30.3 Å². The zero-order valence-electron chi connectivity index (χ0n) is 11.5. The van der Waals surface area contributed by atoms with Crippen LogP contribution in [-0.2, 0) is 4.84 Å². The van der Waals surface area contributed by atoms with Gasteiger partial charge in [0.2, 0.25) is 0 Å². The Labute approximate surface area is 137 Å². The molecule has 0 atom stereocenters. The van der Waals surface area contributed by atoms with Crippen molar-refractivity contribution < 1.29 is 14.4 Å². The molecule has 0 aliphatic rings. The Balaban J connectivity index is 1.95. The fourth-order valence-corrected chi connectivity index (χ4v) is 1.92. The van der Waals surface area contributed by atoms with Crippen LogP contribution in [-0.4, -0.2) is 19.4 Å². The first-order valence-corrected chi connectivity index (χ1v) is 6.95. The normalized spacial score (nSPS) is 10.5. The lowest BCUT2D eigenvalue weighted by Gasteiger charge is -2.04. The lowest BCUT2D eigenvalue weighted by molar-refractivity contribution is 0.167. The molecule has 1 N–H and O–H groups in total. The van der Waals surface area contributed by atoms with Crippen LogP contribution in [0.5, 0.6) is 5.75 Å². The van der Waals surface area contributed by atoms with E-state index < -0.39 is 6.09 Å². The van der Waals surface area contributed by atoms with Gasteiger partial charge < -0.3 is 4.74 Å². The van der Waals surface area contributed by atoms with Crippen LogP contribution < -0.4 is 10.1 Å². The number of para-hydroxylation sites is 1. The summed E-state index contributed by atoms with van der Waals surface area (Å²) in [5.74, 6) is 0.625. The van der Waals surface area contributed by atoms with E-state index in [2.05, 4.69) is 10.5 Å². The number of hydrogen-bond donors (Lipinski definition) is 1. The summed E-state index contributed by atoms with van der Waals surface area (Å²) in [6.07, 6.45) is 0.636. The van der Waals surface area contributed by atoms with Gasteiger partial charge in [0.15, 0.2) is 0 Å². The molecule has 1 amide bonds. The molecule has 0 aromatic heterocycles. The molecule has 2 aromatic rings. The fourth-order valence-electron chi connectivity index (χ4n) is 1.62. The zero-order valence-corrected chi connectivity index (χ0v) is 13.1. The molecule has 0 spiro atoms. The number of nitrogens with one attached hydrogen (secondary N) is 1. The van der Waals surface area contributed by atoms with Crippen LogP contribution in [0.4, 0.5) is 10.5 Å². The van der Waals surface area contributed by atoms with Crippen LogP contribution in [0.1, 0.15) is 5.56 Å². The van der Waals surface area contributed by atoms with E-state index in [1.807, 2.05) is 12.1 Å². The van der Waals surface area contributed by atoms with Crippen molar-refractivity contribution in [2.45, 2.75) is 0 Å². The molecule has 114 valence electrons. The second-order valence-corrected chi connectivity index (χ2v) is 4.92. The first-order chi connectivity index (χ1) is 10.6. The summed E-state index contributed by atoms with van der Waals surface area (Å²) in [5, 5.41) is 6.81. The third-order valence-corrected chi connectivity index (χ3v) is 3.37. The van der Waals surface area contributed by atoms with Crippen LogP contribution >= 0.6 is 23.2 Å². The number of benzene rings is 2. The number of hydrogen-bond acceptors (Lipinski definition) is 4. The summed E-state index contributed by atoms with van der Waals surface area (Å²) in [4.78, 5) is 16.3. The minimum absolute atomic E-state index is 0.331. The van der Waals surface area contributed by atoms with E-state index in [0.717, 1.165) is 0 Å². The lowest BCUT2D eigenvalue weighted by atomic mass is 10.2. The summed E-state index contributed by atoms with van der Waals surface area (Å²) >= 11 is 11.6. The minimum Gasteiger partial charge on any atom is -0.496 e. The number of halogens is 2. The van der Waals surface area contributed by atoms with Gasteiger partial charge >= 0.3 is 6.09 Å². The molecule has 0 saturated carbocycles. The quantitative estimate of drug-likeness (QED) is 0.504. The van der Waals surface area contributed by atoms with Crippen LogP contribution in [0.15, 0.2) is 47.6 Å². The highest BCUT2D eigenvalue weighted by Gasteiger charge is 2.05. The topological polar surface area (TPSA) is 59.9 Å². The number of carbonyl (C=O) groups is 1. The average Bonchev–Trinajstić information content (AvgIpc) is 2.51. The van der Waals surface area contributed by atoms with E-state index in [4.69, 9.17) is 32.8 Å². The summed E-state index contributed by atoms with van der Waals surface area (Å²) in [5.41, 5.74) is 1.14. The number of rotatable bonds is 4. The van der Waals surface area contributed by atoms with Crippen molar-refractivity contribution in [1.82, 2.24) is 0 Å². The highest BCUT2D eigenvalue weighted by molar-refractivity contribution is 6.42. The molecule has 7 heteroatoms. The van der Waals surface area contributed by atoms with E-state index in [-0.39, 0.29) is 0 Å². The fraction of sp³-hybridized carbons (Fsp3) is 0.0667. The van der Waals surface area contributed by atoms with Gasteiger partial charge in [0, 0.05) is 11.3 Å². The molecular formula is C15H12Cl2N2O3. The van der Waals surface area contributed by atoms with Gasteiger partial charge in [-0.2, -0.15) is 0 Å². The molecule has 5 nitrogen and oxygen atoms in total. The maximum atomic E-state index is 11.6. The molecule has 0 heterocycles. The van der Waals surface area contributed by atoms with Gasteiger partial charge in [0.1, 0.15) is 5.75 Å². The zero-order chi connectivity index (χ0) is 15.9. The Morgan fingerprint density at radius 2 is 1.95 bits per heavy atom. The first-order valence-electron chi connectivity index (χ1n) is 6.19. The number of methoxy groups -OCH3 is 1. The van der Waals surface area contributed by atoms with Crippen molar-refractivity contribution in [2.24, 2.45) is 5.16 Å². The number of anilines is 1. The van der Waals surface area contributed by atoms with E-state index in [1.165, 1.54) is 12.3 Å². The van der Waals surface area contributed by atoms with Gasteiger partial charge in [-0.3, -0.25) is 10.2 Å². The van der Waals surface area contributed by atoms with Crippen LogP contribution in [0.25, 0.3) is 0 Å². The number of oxime groups is 1. The van der Waals surface area contributed by atoms with E-state index >= 15 is 0 Å². The SMILES string of the molecule is COc1ccccc1/C=N\OC(=O)Nc1ccc(Cl)c(Cl)c1. The molecule has 0 saturated heterocycles. The molecule has 22 heavy (non-hydrogen) atoms. The van der Waals surface area contributed by atoms with Crippen molar-refractivity contribution >= 4 is 41.2 Å². The van der Waals surface area contributed by atoms with Crippen molar-refractivity contribution in [2.75, 3.05) is 12.4 Å². The standard InChI is InChI=1S/C15H12Cl2N2O3/c1-21-14-5-3-2-4-10(14)9-18-22-15(20)19-11-6-7-12(16)13(17)8-11/h2-9H,1H3,(H,19,20)/b18-9-. The highest BCUT2D eigenvalue weighted by Crippen LogP contribution is 2.25. The first kappa shape index (κ1) is 16.1. The van der Waals surface area contributed by atoms with Crippen molar-refractivity contribution in [3.8, 4) is 5.75 Å². The van der Waals surface area contributed by atoms with Crippen molar-refractivity contribution in [3.05, 3.63) is 58.1 Å². The van der Waals surface area contributed by atoms with Crippen molar-refractivity contribution in [3.63, 3.8) is 0 Å². The molecule has 2 aromatic carbocycles. The second kappa shape index (κ2) is 7.68. The van der Waals surface area contributed by atoms with Gasteiger partial charge in [0.25, 0.3) is 0 Å². The molecular weight excluding hydrogens is 327 g/mol. The maximum absolute atomic E-state index is 11.6. The minimum atomic E-state index is -0.746. The Bertz CT molecular complexity index is 705. The van der Waals surface area contributed by atoms with Crippen molar-refractivity contribution in [1.29, 1.82) is 0 Å². The maximum Gasteiger partial charge on any atom is 0.437 e. The number of ether oxygens (including phenoxy) is 1. The van der Waals surface area contributed by atoms with Gasteiger partial charge in [-0.25, -0.2) is 4.79 Å².